The van der Waals surface area contributed by atoms with Crippen LogP contribution in [0.25, 0.3) is 0 Å². The Morgan fingerprint density at radius 3 is 2.81 bits per heavy atom. The molecular weight excluding hydrogens is 272 g/mol. The molecule has 7 heteroatoms. The molecule has 4 N–H and O–H groups in total. The van der Waals surface area contributed by atoms with Crippen molar-refractivity contribution >= 4 is 17.3 Å². The second-order valence-electron chi connectivity index (χ2n) is 5.39. The van der Waals surface area contributed by atoms with Crippen LogP contribution in [0.4, 0.5) is 11.4 Å². The van der Waals surface area contributed by atoms with Crippen LogP contribution in [0.5, 0.6) is 0 Å². The maximum absolute atomic E-state index is 11.6. The van der Waals surface area contributed by atoms with Crippen LogP contribution in [0.1, 0.15) is 30.1 Å². The van der Waals surface area contributed by atoms with E-state index in [4.69, 9.17) is 11.5 Å². The number of piperidine rings is 1. The number of nitro groups is 1. The lowest BCUT2D eigenvalue weighted by Crippen LogP contribution is -2.47. The molecule has 1 saturated heterocycles. The zero-order chi connectivity index (χ0) is 15.6. The first-order valence-electron chi connectivity index (χ1n) is 7.02. The first-order valence-corrected chi connectivity index (χ1v) is 7.02. The fourth-order valence-electron chi connectivity index (χ4n) is 2.81. The first kappa shape index (κ1) is 15.2. The van der Waals surface area contributed by atoms with Gasteiger partial charge in [-0.25, -0.2) is 0 Å². The molecular formula is C14H20N4O3. The van der Waals surface area contributed by atoms with Gasteiger partial charge in [-0.05, 0) is 18.4 Å². The van der Waals surface area contributed by atoms with E-state index in [9.17, 15) is 14.9 Å². The Hall–Kier alpha value is -2.15. The van der Waals surface area contributed by atoms with Gasteiger partial charge in [0, 0.05) is 31.3 Å². The Balaban J connectivity index is 2.35. The summed E-state index contributed by atoms with van der Waals surface area (Å²) in [5, 5.41) is 10.8. The quantitative estimate of drug-likeness (QED) is 0.640. The highest BCUT2D eigenvalue weighted by Crippen LogP contribution is 2.29. The van der Waals surface area contributed by atoms with Gasteiger partial charge in [0.05, 0.1) is 16.2 Å². The van der Waals surface area contributed by atoms with Crippen molar-refractivity contribution in [2.45, 2.75) is 25.8 Å². The number of hydrogen-bond acceptors (Lipinski definition) is 5. The number of amides is 1. The molecule has 1 fully saturated rings. The lowest BCUT2D eigenvalue weighted by atomic mass is 9.90. The van der Waals surface area contributed by atoms with E-state index in [1.807, 2.05) is 4.90 Å². The van der Waals surface area contributed by atoms with Gasteiger partial charge in [-0.15, -0.1) is 0 Å². The van der Waals surface area contributed by atoms with Gasteiger partial charge >= 0.3 is 0 Å². The van der Waals surface area contributed by atoms with E-state index in [0.29, 0.717) is 11.6 Å². The lowest BCUT2D eigenvalue weighted by Gasteiger charge is -2.38. The van der Waals surface area contributed by atoms with Crippen molar-refractivity contribution < 1.29 is 9.72 Å². The van der Waals surface area contributed by atoms with Crippen LogP contribution in [0.15, 0.2) is 18.2 Å². The van der Waals surface area contributed by atoms with Gasteiger partial charge in [0.15, 0.2) is 0 Å². The number of non-ortho nitro benzene ring substituents is 1. The van der Waals surface area contributed by atoms with Gasteiger partial charge in [0.25, 0.3) is 11.6 Å². The Kier molecular flexibility index (Phi) is 4.42. The number of hydrogen-bond donors (Lipinski definition) is 2. The van der Waals surface area contributed by atoms with Gasteiger partial charge < -0.3 is 16.4 Å². The third kappa shape index (κ3) is 3.13. The summed E-state index contributed by atoms with van der Waals surface area (Å²) in [6, 6.07) is 4.40. The van der Waals surface area contributed by atoms with E-state index >= 15 is 0 Å². The van der Waals surface area contributed by atoms with E-state index in [0.717, 1.165) is 25.9 Å². The summed E-state index contributed by atoms with van der Waals surface area (Å²) >= 11 is 0. The second kappa shape index (κ2) is 6.09. The fourth-order valence-corrected chi connectivity index (χ4v) is 2.81. The van der Waals surface area contributed by atoms with Crippen molar-refractivity contribution in [1.82, 2.24) is 0 Å². The van der Waals surface area contributed by atoms with Gasteiger partial charge in [-0.1, -0.05) is 13.3 Å². The van der Waals surface area contributed by atoms with Gasteiger partial charge in [-0.3, -0.25) is 14.9 Å². The third-order valence-corrected chi connectivity index (χ3v) is 4.11. The third-order valence-electron chi connectivity index (χ3n) is 4.11. The van der Waals surface area contributed by atoms with Gasteiger partial charge in [-0.2, -0.15) is 0 Å². The smallest absolute Gasteiger partial charge is 0.270 e. The number of anilines is 1. The molecule has 114 valence electrons. The van der Waals surface area contributed by atoms with E-state index < -0.39 is 10.8 Å². The molecule has 2 unspecified atom stereocenters. The molecule has 21 heavy (non-hydrogen) atoms. The van der Waals surface area contributed by atoms with E-state index in [1.54, 1.807) is 6.07 Å². The molecule has 1 aliphatic rings. The summed E-state index contributed by atoms with van der Waals surface area (Å²) in [5.41, 5.74) is 12.2. The van der Waals surface area contributed by atoms with Crippen LogP contribution in [-0.4, -0.2) is 30.0 Å². The molecule has 2 atom stereocenters. The van der Waals surface area contributed by atoms with Crippen LogP contribution in [0.2, 0.25) is 0 Å². The molecule has 0 radical (unpaired) electrons. The average molecular weight is 292 g/mol. The van der Waals surface area contributed by atoms with Crippen molar-refractivity contribution in [1.29, 1.82) is 0 Å². The second-order valence-corrected chi connectivity index (χ2v) is 5.39. The lowest BCUT2D eigenvalue weighted by molar-refractivity contribution is -0.384. The van der Waals surface area contributed by atoms with Crippen molar-refractivity contribution in [3.05, 3.63) is 33.9 Å². The highest BCUT2D eigenvalue weighted by atomic mass is 16.6. The molecule has 1 aliphatic heterocycles. The predicted octanol–water partition coefficient (Wildman–Crippen LogP) is 1.26. The average Bonchev–Trinajstić information content (AvgIpc) is 2.47. The minimum absolute atomic E-state index is 0.131. The summed E-state index contributed by atoms with van der Waals surface area (Å²) in [6.45, 7) is 3.53. The normalized spacial score (nSPS) is 22.1. The van der Waals surface area contributed by atoms with Crippen LogP contribution in [0, 0.1) is 16.0 Å². The number of nitrogens with two attached hydrogens (primary N) is 2. The van der Waals surface area contributed by atoms with Crippen molar-refractivity contribution in [2.75, 3.05) is 18.0 Å². The molecule has 0 aliphatic carbocycles. The van der Waals surface area contributed by atoms with Crippen molar-refractivity contribution in [2.24, 2.45) is 17.4 Å². The minimum Gasteiger partial charge on any atom is -0.370 e. The zero-order valence-electron chi connectivity index (χ0n) is 12.0. The van der Waals surface area contributed by atoms with E-state index in [2.05, 4.69) is 6.92 Å². The molecule has 7 nitrogen and oxygen atoms in total. The molecule has 0 spiro atoms. The largest absolute Gasteiger partial charge is 0.370 e. The number of nitro benzene ring substituents is 1. The summed E-state index contributed by atoms with van der Waals surface area (Å²) < 4.78 is 0. The van der Waals surface area contributed by atoms with Crippen molar-refractivity contribution in [3.8, 4) is 0 Å². The van der Waals surface area contributed by atoms with Crippen LogP contribution in [0.3, 0.4) is 0 Å². The van der Waals surface area contributed by atoms with Crippen molar-refractivity contribution in [3.63, 3.8) is 0 Å². The number of rotatable bonds is 4. The van der Waals surface area contributed by atoms with Crippen LogP contribution in [-0.2, 0) is 0 Å². The SMILES string of the molecule is CCC1CN(c2ccc([N+](=O)[O-])cc2C(N)=O)CCC1N. The Morgan fingerprint density at radius 1 is 1.52 bits per heavy atom. The number of benzene rings is 1. The van der Waals surface area contributed by atoms with Crippen LogP contribution < -0.4 is 16.4 Å². The zero-order valence-corrected chi connectivity index (χ0v) is 12.0. The van der Waals surface area contributed by atoms with Crippen LogP contribution >= 0.6 is 0 Å². The standard InChI is InChI=1S/C14H20N4O3/c1-2-9-8-17(6-5-12(9)15)13-4-3-10(18(20)21)7-11(13)14(16)19/h3-4,7,9,12H,2,5-6,8,15H2,1H3,(H2,16,19). The predicted molar refractivity (Wildman–Crippen MR) is 80.2 cm³/mol. The Morgan fingerprint density at radius 2 is 2.24 bits per heavy atom. The highest BCUT2D eigenvalue weighted by molar-refractivity contribution is 5.99. The summed E-state index contributed by atoms with van der Waals surface area (Å²) in [5.74, 6) is -0.314. The number of carbonyl (C=O) groups is 1. The highest BCUT2D eigenvalue weighted by Gasteiger charge is 2.28. The number of nitrogens with zero attached hydrogens (tertiary/aromatic N) is 2. The maximum Gasteiger partial charge on any atom is 0.270 e. The topological polar surface area (TPSA) is 115 Å². The molecule has 0 aromatic heterocycles. The van der Waals surface area contributed by atoms with E-state index in [-0.39, 0.29) is 17.3 Å². The van der Waals surface area contributed by atoms with Gasteiger partial charge in [0.1, 0.15) is 0 Å². The minimum atomic E-state index is -0.656. The number of carbonyl (C=O) groups excluding carboxylic acids is 1. The molecule has 2 rings (SSSR count). The molecule has 0 saturated carbocycles. The Labute approximate surface area is 123 Å². The van der Waals surface area contributed by atoms with E-state index in [1.165, 1.54) is 12.1 Å². The maximum atomic E-state index is 11.6. The number of primary amides is 1. The molecule has 1 heterocycles. The summed E-state index contributed by atoms with van der Waals surface area (Å²) in [6.07, 6.45) is 1.78. The fraction of sp³-hybridized carbons (Fsp3) is 0.500. The summed E-state index contributed by atoms with van der Waals surface area (Å²) in [4.78, 5) is 23.9. The first-order chi connectivity index (χ1) is 9.93. The summed E-state index contributed by atoms with van der Waals surface area (Å²) in [7, 11) is 0. The molecule has 1 aromatic carbocycles. The molecule has 0 bridgehead atoms. The Bertz CT molecular complexity index is 561. The molecule has 1 aromatic rings. The monoisotopic (exact) mass is 292 g/mol. The van der Waals surface area contributed by atoms with Gasteiger partial charge in [0.2, 0.25) is 0 Å². The molecule has 1 amide bonds.